The molecule has 0 spiro atoms. The van der Waals surface area contributed by atoms with Gasteiger partial charge in [-0.05, 0) is 55.6 Å². The molecule has 0 amide bonds. The monoisotopic (exact) mass is 676 g/mol. The van der Waals surface area contributed by atoms with Crippen LogP contribution in [0.3, 0.4) is 0 Å². The molecule has 6 heterocycles. The highest BCUT2D eigenvalue weighted by Gasteiger charge is 2.57. The van der Waals surface area contributed by atoms with E-state index in [4.69, 9.17) is 37.5 Å². The average Bonchev–Trinajstić information content (AvgIpc) is 3.42. The first-order valence-electron chi connectivity index (χ1n) is 15.0. The van der Waals surface area contributed by atoms with Crippen LogP contribution in [-0.4, -0.2) is 70.5 Å². The summed E-state index contributed by atoms with van der Waals surface area (Å²) in [5.41, 5.74) is 11.1. The van der Waals surface area contributed by atoms with E-state index in [2.05, 4.69) is 20.3 Å². The van der Waals surface area contributed by atoms with Gasteiger partial charge in [-0.1, -0.05) is 17.7 Å². The van der Waals surface area contributed by atoms with Crippen molar-refractivity contribution < 1.29 is 31.4 Å². The van der Waals surface area contributed by atoms with Crippen LogP contribution in [0, 0.1) is 6.92 Å². The van der Waals surface area contributed by atoms with E-state index in [1.807, 2.05) is 0 Å². The Morgan fingerprint density at radius 1 is 1.23 bits per heavy atom. The van der Waals surface area contributed by atoms with Gasteiger partial charge in [-0.3, -0.25) is 9.89 Å². The van der Waals surface area contributed by atoms with Crippen molar-refractivity contribution in [1.29, 1.82) is 0 Å². The molecule has 2 saturated heterocycles. The van der Waals surface area contributed by atoms with Crippen LogP contribution >= 0.6 is 11.6 Å². The molecule has 5 N–H and O–H groups in total. The summed E-state index contributed by atoms with van der Waals surface area (Å²) in [5.74, 6) is -2.69. The SMILES string of the molecule is Cc1cc(N)nc(-c2cc3c4c(c2Cl)NCN=C4[C@H](Cc2cccnc2N)N=C(OC[C@@]24CCCN2CC(F)(F)C4)O3)c1C(F)(F)F. The predicted molar refractivity (Wildman–Crippen MR) is 167 cm³/mol. The van der Waals surface area contributed by atoms with E-state index in [0.29, 0.717) is 29.8 Å². The fourth-order valence-corrected chi connectivity index (χ4v) is 7.44. The summed E-state index contributed by atoms with van der Waals surface area (Å²) in [7, 11) is 0. The number of ether oxygens (including phenoxy) is 2. The lowest BCUT2D eigenvalue weighted by atomic mass is 9.92. The number of alkyl halides is 5. The Labute approximate surface area is 271 Å². The number of nitrogens with one attached hydrogen (secondary N) is 1. The van der Waals surface area contributed by atoms with Gasteiger partial charge in [0, 0.05) is 24.6 Å². The van der Waals surface area contributed by atoms with Crippen LogP contribution < -0.4 is 21.5 Å². The van der Waals surface area contributed by atoms with Gasteiger partial charge in [0.1, 0.15) is 36.7 Å². The maximum absolute atomic E-state index is 14.5. The minimum atomic E-state index is -4.78. The van der Waals surface area contributed by atoms with Crippen molar-refractivity contribution >= 4 is 40.7 Å². The highest BCUT2D eigenvalue weighted by atomic mass is 35.5. The van der Waals surface area contributed by atoms with E-state index in [1.54, 1.807) is 23.2 Å². The molecule has 7 rings (SSSR count). The first-order valence-corrected chi connectivity index (χ1v) is 15.3. The number of benzene rings is 1. The Bertz CT molecular complexity index is 1830. The Hall–Kier alpha value is -4.24. The van der Waals surface area contributed by atoms with Crippen LogP contribution in [-0.2, 0) is 17.3 Å². The largest absolute Gasteiger partial charge is 0.448 e. The quantitative estimate of drug-likeness (QED) is 0.293. The van der Waals surface area contributed by atoms with Crippen LogP contribution in [0.5, 0.6) is 5.75 Å². The van der Waals surface area contributed by atoms with E-state index in [9.17, 15) is 22.0 Å². The number of hydrogen-bond donors (Lipinski definition) is 3. The van der Waals surface area contributed by atoms with Crippen molar-refractivity contribution in [3.8, 4) is 17.0 Å². The molecule has 0 aliphatic carbocycles. The number of rotatable bonds is 5. The summed E-state index contributed by atoms with van der Waals surface area (Å²) >= 11 is 6.87. The summed E-state index contributed by atoms with van der Waals surface area (Å²) in [6, 6.07) is 5.20. The zero-order valence-corrected chi connectivity index (χ0v) is 25.9. The number of nitrogen functional groups attached to an aromatic ring is 2. The number of nitrogens with two attached hydrogens (primary N) is 2. The second kappa shape index (κ2) is 11.2. The average molecular weight is 677 g/mol. The molecule has 3 aromatic rings. The fraction of sp³-hybridized carbons (Fsp3) is 0.419. The molecule has 4 aliphatic rings. The van der Waals surface area contributed by atoms with Gasteiger partial charge < -0.3 is 26.3 Å². The molecular weight excluding hydrogens is 647 g/mol. The number of halogens is 6. The van der Waals surface area contributed by atoms with Crippen LogP contribution in [0.25, 0.3) is 11.3 Å². The second-order valence-corrected chi connectivity index (χ2v) is 12.7. The number of pyridine rings is 2. The molecule has 47 heavy (non-hydrogen) atoms. The summed E-state index contributed by atoms with van der Waals surface area (Å²) in [5, 5.41) is 3.01. The van der Waals surface area contributed by atoms with Crippen molar-refractivity contribution in [2.75, 3.05) is 43.1 Å². The summed E-state index contributed by atoms with van der Waals surface area (Å²) in [4.78, 5) is 19.4. The van der Waals surface area contributed by atoms with Gasteiger partial charge >= 0.3 is 12.3 Å². The van der Waals surface area contributed by atoms with Crippen molar-refractivity contribution in [3.05, 3.63) is 57.7 Å². The Morgan fingerprint density at radius 2 is 2.04 bits per heavy atom. The van der Waals surface area contributed by atoms with Gasteiger partial charge in [0.25, 0.3) is 5.92 Å². The Balaban J connectivity index is 1.36. The fourth-order valence-electron chi connectivity index (χ4n) is 7.13. The maximum Gasteiger partial charge on any atom is 0.418 e. The smallest absolute Gasteiger partial charge is 0.418 e. The molecule has 2 atom stereocenters. The molecule has 0 bridgehead atoms. The molecule has 2 aromatic heterocycles. The van der Waals surface area contributed by atoms with Crippen LogP contribution in [0.15, 0.2) is 40.4 Å². The molecule has 2 fully saturated rings. The second-order valence-electron chi connectivity index (χ2n) is 12.3. The molecular formula is C31H30ClF5N8O2. The molecule has 0 radical (unpaired) electrons. The van der Waals surface area contributed by atoms with Crippen LogP contribution in [0.2, 0.25) is 5.02 Å². The minimum Gasteiger partial charge on any atom is -0.448 e. The van der Waals surface area contributed by atoms with E-state index in [-0.39, 0.29) is 78.0 Å². The van der Waals surface area contributed by atoms with Gasteiger partial charge in [0.05, 0.1) is 45.3 Å². The highest BCUT2D eigenvalue weighted by molar-refractivity contribution is 6.37. The summed E-state index contributed by atoms with van der Waals surface area (Å²) in [6.07, 6.45) is -2.42. The third-order valence-electron chi connectivity index (χ3n) is 9.09. The lowest BCUT2D eigenvalue weighted by Crippen LogP contribution is -2.43. The number of aryl methyl sites for hydroxylation is 1. The molecule has 0 saturated carbocycles. The van der Waals surface area contributed by atoms with E-state index in [1.165, 1.54) is 13.0 Å². The van der Waals surface area contributed by atoms with Crippen molar-refractivity contribution in [3.63, 3.8) is 0 Å². The third kappa shape index (κ3) is 5.58. The van der Waals surface area contributed by atoms with Gasteiger partial charge in [-0.2, -0.15) is 13.2 Å². The first-order chi connectivity index (χ1) is 22.2. The molecule has 4 aliphatic heterocycles. The van der Waals surface area contributed by atoms with Gasteiger partial charge in [0.15, 0.2) is 0 Å². The molecule has 16 heteroatoms. The lowest BCUT2D eigenvalue weighted by Gasteiger charge is -2.30. The zero-order chi connectivity index (χ0) is 33.3. The van der Waals surface area contributed by atoms with Gasteiger partial charge in [-0.15, -0.1) is 0 Å². The number of aliphatic imine (C=N–C) groups is 2. The maximum atomic E-state index is 14.5. The number of fused-ring (bicyclic) bond motifs is 1. The number of nitrogens with zero attached hydrogens (tertiary/aromatic N) is 5. The minimum absolute atomic E-state index is 0.0261. The van der Waals surface area contributed by atoms with E-state index >= 15 is 0 Å². The highest BCUT2D eigenvalue weighted by Crippen LogP contribution is 2.49. The number of anilines is 3. The molecule has 248 valence electrons. The lowest BCUT2D eigenvalue weighted by molar-refractivity contribution is -0.137. The van der Waals surface area contributed by atoms with E-state index < -0.39 is 34.9 Å². The number of hydrogen-bond acceptors (Lipinski definition) is 10. The van der Waals surface area contributed by atoms with Crippen molar-refractivity contribution in [2.45, 2.75) is 56.3 Å². The first kappa shape index (κ1) is 31.4. The molecule has 10 nitrogen and oxygen atoms in total. The topological polar surface area (TPSA) is 136 Å². The van der Waals surface area contributed by atoms with Crippen LogP contribution in [0.4, 0.5) is 39.3 Å². The normalized spacial score (nSPS) is 23.2. The molecule has 0 unspecified atom stereocenters. The third-order valence-corrected chi connectivity index (χ3v) is 9.49. The Kier molecular flexibility index (Phi) is 7.46. The van der Waals surface area contributed by atoms with Gasteiger partial charge in [0.2, 0.25) is 0 Å². The van der Waals surface area contributed by atoms with Gasteiger partial charge in [-0.25, -0.2) is 23.7 Å². The van der Waals surface area contributed by atoms with E-state index in [0.717, 1.165) is 12.5 Å². The number of aromatic nitrogens is 2. The van der Waals surface area contributed by atoms with Crippen molar-refractivity contribution in [1.82, 2.24) is 14.9 Å². The standard InChI is InChI=1S/C31H30ClF5N8O2/c1-15-8-20(38)44-24(22(15)31(35,36)37)17-10-19-21-25(41-14-42-26(21)23(17)32)18(9-16-4-2-6-40-27(16)39)43-28(47-19)46-13-29-5-3-7-45(29)12-30(33,34)11-29/h2,4,6,8,10,18,42H,3,5,7,9,11-14H2,1H3,(H2,38,44)(H2,39,40)/t18-,29-/m0/s1. The van der Waals surface area contributed by atoms with Crippen molar-refractivity contribution in [2.24, 2.45) is 9.98 Å². The summed E-state index contributed by atoms with van der Waals surface area (Å²) < 4.78 is 84.6. The molecule has 1 aromatic carbocycles. The predicted octanol–water partition coefficient (Wildman–Crippen LogP) is 5.71. The Morgan fingerprint density at radius 3 is 2.81 bits per heavy atom. The summed E-state index contributed by atoms with van der Waals surface area (Å²) in [6.45, 7) is 1.33. The van der Waals surface area contributed by atoms with Crippen LogP contribution in [0.1, 0.15) is 41.5 Å². The zero-order valence-electron chi connectivity index (χ0n) is 25.1.